The lowest BCUT2D eigenvalue weighted by Crippen LogP contribution is -2.02. The van der Waals surface area contributed by atoms with E-state index in [-0.39, 0.29) is 0 Å². The number of thiazole rings is 1. The molecule has 3 rings (SSSR count). The van der Waals surface area contributed by atoms with Crippen LogP contribution in [0.3, 0.4) is 0 Å². The van der Waals surface area contributed by atoms with Gasteiger partial charge in [-0.25, -0.2) is 4.98 Å². The molecule has 26 heavy (non-hydrogen) atoms. The van der Waals surface area contributed by atoms with Gasteiger partial charge in [-0.15, -0.1) is 16.5 Å². The monoisotopic (exact) mass is 370 g/mol. The van der Waals surface area contributed by atoms with Gasteiger partial charge in [-0.1, -0.05) is 24.3 Å². The fraction of sp³-hybridized carbons (Fsp3) is 0.316. The average Bonchev–Trinajstić information content (AvgIpc) is 3.16. The number of ether oxygens (including phenoxy) is 2. The number of aromatic nitrogens is 1. The van der Waals surface area contributed by atoms with Gasteiger partial charge < -0.3 is 15.2 Å². The maximum atomic E-state index is 5.75. The molecule has 0 fully saturated rings. The van der Waals surface area contributed by atoms with E-state index in [9.17, 15) is 0 Å². The van der Waals surface area contributed by atoms with Gasteiger partial charge in [0, 0.05) is 18.3 Å². The topological polar surface area (TPSA) is 82.1 Å². The second-order valence-corrected chi connectivity index (χ2v) is 6.59. The van der Waals surface area contributed by atoms with Gasteiger partial charge in [-0.05, 0) is 29.2 Å². The predicted molar refractivity (Wildman–Crippen MR) is 103 cm³/mol. The maximum Gasteiger partial charge on any atom is 0.230 e. The molecule has 2 N–H and O–H groups in total. The number of methoxy groups -OCH3 is 2. The second kappa shape index (κ2) is 8.73. The van der Waals surface area contributed by atoms with Crippen molar-refractivity contribution in [3.8, 4) is 0 Å². The molecule has 1 aliphatic rings. The number of allylic oxidation sites excluding steroid dienone is 3. The number of nitrogens with two attached hydrogens (primary N) is 1. The zero-order chi connectivity index (χ0) is 18.4. The van der Waals surface area contributed by atoms with E-state index in [0.717, 1.165) is 46.8 Å². The van der Waals surface area contributed by atoms with Crippen LogP contribution in [0.25, 0.3) is 5.57 Å². The number of hydrogen-bond acceptors (Lipinski definition) is 7. The lowest BCUT2D eigenvalue weighted by molar-refractivity contribution is 0.219. The van der Waals surface area contributed by atoms with E-state index in [1.165, 1.54) is 11.3 Å². The van der Waals surface area contributed by atoms with Crippen molar-refractivity contribution in [2.24, 2.45) is 16.0 Å². The van der Waals surface area contributed by atoms with Gasteiger partial charge in [-0.3, -0.25) is 0 Å². The molecule has 0 aliphatic heterocycles. The molecule has 0 unspecified atom stereocenters. The Balaban J connectivity index is 1.70. The van der Waals surface area contributed by atoms with Gasteiger partial charge in [0.05, 0.1) is 26.5 Å². The van der Waals surface area contributed by atoms with Crippen molar-refractivity contribution >= 4 is 22.0 Å². The summed E-state index contributed by atoms with van der Waals surface area (Å²) in [4.78, 5) is 4.57. The summed E-state index contributed by atoms with van der Waals surface area (Å²) in [6.45, 7) is 0.999. The Kier molecular flexibility index (Phi) is 6.14. The van der Waals surface area contributed by atoms with E-state index in [1.54, 1.807) is 14.2 Å². The number of hydrogen-bond donors (Lipinski definition) is 1. The normalized spacial score (nSPS) is 14.7. The van der Waals surface area contributed by atoms with E-state index in [1.807, 2.05) is 35.7 Å². The van der Waals surface area contributed by atoms with Crippen molar-refractivity contribution in [2.75, 3.05) is 14.2 Å². The molecule has 0 amide bonds. The first kappa shape index (κ1) is 18.3. The van der Waals surface area contributed by atoms with Crippen LogP contribution in [0, 0.1) is 0 Å². The van der Waals surface area contributed by atoms with Gasteiger partial charge in [0.15, 0.2) is 5.76 Å². The molecule has 2 aromatic rings. The molecule has 136 valence electrons. The van der Waals surface area contributed by atoms with Gasteiger partial charge in [0.1, 0.15) is 5.76 Å². The first-order valence-electron chi connectivity index (χ1n) is 8.37. The summed E-state index contributed by atoms with van der Waals surface area (Å²) in [5, 5.41) is 11.2. The number of nitrogens with zero attached hydrogens (tertiary/aromatic N) is 3. The average molecular weight is 370 g/mol. The Morgan fingerprint density at radius 2 is 1.96 bits per heavy atom. The summed E-state index contributed by atoms with van der Waals surface area (Å²) in [6, 6.07) is 7.99. The van der Waals surface area contributed by atoms with Gasteiger partial charge in [0.25, 0.3) is 0 Å². The van der Waals surface area contributed by atoms with Crippen LogP contribution >= 0.6 is 11.3 Å². The molecule has 1 heterocycles. The van der Waals surface area contributed by atoms with Gasteiger partial charge >= 0.3 is 0 Å². The first-order chi connectivity index (χ1) is 12.7. The van der Waals surface area contributed by atoms with Crippen LogP contribution in [-0.4, -0.2) is 19.2 Å². The zero-order valence-electron chi connectivity index (χ0n) is 14.9. The third-order valence-corrected chi connectivity index (χ3v) is 4.95. The van der Waals surface area contributed by atoms with Gasteiger partial charge in [-0.2, -0.15) is 5.11 Å². The molecule has 0 saturated carbocycles. The van der Waals surface area contributed by atoms with Crippen molar-refractivity contribution in [3.63, 3.8) is 0 Å². The highest BCUT2D eigenvalue weighted by Crippen LogP contribution is 2.33. The summed E-state index contributed by atoms with van der Waals surface area (Å²) < 4.78 is 10.7. The van der Waals surface area contributed by atoms with E-state index >= 15 is 0 Å². The molecule has 0 spiro atoms. The van der Waals surface area contributed by atoms with Crippen LogP contribution in [0.2, 0.25) is 0 Å². The van der Waals surface area contributed by atoms with Crippen molar-refractivity contribution < 1.29 is 9.47 Å². The molecule has 0 radical (unpaired) electrons. The fourth-order valence-corrected chi connectivity index (χ4v) is 3.48. The van der Waals surface area contributed by atoms with Gasteiger partial charge in [0.2, 0.25) is 5.13 Å². The highest BCUT2D eigenvalue weighted by Gasteiger charge is 2.17. The lowest BCUT2D eigenvalue weighted by atomic mass is 10.0. The predicted octanol–water partition coefficient (Wildman–Crippen LogP) is 4.57. The fourth-order valence-electron chi connectivity index (χ4n) is 2.80. The Bertz CT molecular complexity index is 855. The quantitative estimate of drug-likeness (QED) is 0.724. The molecule has 1 aromatic carbocycles. The van der Waals surface area contributed by atoms with Crippen molar-refractivity contribution in [1.29, 1.82) is 0 Å². The molecule has 7 heteroatoms. The molecule has 0 bridgehead atoms. The van der Waals surface area contributed by atoms with E-state index in [4.69, 9.17) is 15.2 Å². The molecular formula is C19H22N4O2S. The number of benzene rings is 1. The van der Waals surface area contributed by atoms with Crippen LogP contribution in [0.15, 0.2) is 57.5 Å². The van der Waals surface area contributed by atoms with Crippen LogP contribution in [0.1, 0.15) is 29.7 Å². The minimum Gasteiger partial charge on any atom is -0.497 e. The zero-order valence-corrected chi connectivity index (χ0v) is 15.8. The first-order valence-corrected chi connectivity index (χ1v) is 9.25. The Labute approximate surface area is 157 Å². The van der Waals surface area contributed by atoms with Crippen LogP contribution in [0.5, 0.6) is 0 Å². The Morgan fingerprint density at radius 3 is 2.69 bits per heavy atom. The molecule has 1 aliphatic carbocycles. The number of azo groups is 1. The molecular weight excluding hydrogens is 348 g/mol. The summed E-state index contributed by atoms with van der Waals surface area (Å²) in [5.41, 5.74) is 9.96. The summed E-state index contributed by atoms with van der Waals surface area (Å²) in [7, 11) is 3.31. The van der Waals surface area contributed by atoms with Crippen LogP contribution in [-0.2, 0) is 22.6 Å². The largest absolute Gasteiger partial charge is 0.497 e. The molecule has 6 nitrogen and oxygen atoms in total. The smallest absolute Gasteiger partial charge is 0.230 e. The maximum absolute atomic E-state index is 5.75. The van der Waals surface area contributed by atoms with Crippen molar-refractivity contribution in [3.05, 3.63) is 64.1 Å². The SMILES string of the molecule is COC1=C(OC)CCC(c2csc(N=NCc3ccccc3CN)n2)=C1. The summed E-state index contributed by atoms with van der Waals surface area (Å²) in [5.74, 6) is 1.62. The van der Waals surface area contributed by atoms with E-state index < -0.39 is 0 Å². The standard InChI is InChI=1S/C19H22N4O2S/c1-24-17-8-7-13(9-18(17)25-2)16-12-26-19(22-16)23-21-11-15-6-4-3-5-14(15)10-20/h3-6,9,12H,7-8,10-11,20H2,1-2H3. The van der Waals surface area contributed by atoms with Crippen molar-refractivity contribution in [2.45, 2.75) is 25.9 Å². The molecule has 1 aromatic heterocycles. The Hall–Kier alpha value is -2.51. The number of rotatable bonds is 7. The highest BCUT2D eigenvalue weighted by atomic mass is 32.1. The van der Waals surface area contributed by atoms with Crippen LogP contribution in [0.4, 0.5) is 5.13 Å². The van der Waals surface area contributed by atoms with E-state index in [2.05, 4.69) is 15.2 Å². The third-order valence-electron chi connectivity index (χ3n) is 4.22. The summed E-state index contributed by atoms with van der Waals surface area (Å²) >= 11 is 1.48. The van der Waals surface area contributed by atoms with Crippen molar-refractivity contribution in [1.82, 2.24) is 4.98 Å². The third kappa shape index (κ3) is 4.17. The second-order valence-electron chi connectivity index (χ2n) is 5.75. The Morgan fingerprint density at radius 1 is 1.15 bits per heavy atom. The molecule has 0 atom stereocenters. The lowest BCUT2D eigenvalue weighted by Gasteiger charge is -2.17. The minimum atomic E-state index is 0.499. The minimum absolute atomic E-state index is 0.499. The van der Waals surface area contributed by atoms with Crippen LogP contribution < -0.4 is 5.73 Å². The summed E-state index contributed by atoms with van der Waals surface area (Å²) in [6.07, 6.45) is 3.64. The highest BCUT2D eigenvalue weighted by molar-refractivity contribution is 7.13. The van der Waals surface area contributed by atoms with E-state index in [0.29, 0.717) is 18.2 Å². The molecule has 0 saturated heterocycles.